The Morgan fingerprint density at radius 3 is 2.33 bits per heavy atom. The summed E-state index contributed by atoms with van der Waals surface area (Å²) >= 11 is 0. The summed E-state index contributed by atoms with van der Waals surface area (Å²) in [4.78, 5) is 0. The largest absolute Gasteiger partial charge is 0.314 e. The molecular formula is C18H35N3. The number of aromatic nitrogens is 2. The molecule has 0 amide bonds. The lowest BCUT2D eigenvalue weighted by molar-refractivity contribution is 0.366. The van der Waals surface area contributed by atoms with Gasteiger partial charge < -0.3 is 5.32 Å². The first-order valence-corrected chi connectivity index (χ1v) is 8.73. The van der Waals surface area contributed by atoms with E-state index in [1.165, 1.54) is 12.1 Å². The third-order valence-corrected chi connectivity index (χ3v) is 4.10. The smallest absolute Gasteiger partial charge is 0.0627 e. The Labute approximate surface area is 131 Å². The molecule has 21 heavy (non-hydrogen) atoms. The molecule has 0 radical (unpaired) electrons. The van der Waals surface area contributed by atoms with Gasteiger partial charge in [-0.05, 0) is 50.1 Å². The van der Waals surface area contributed by atoms with Crippen LogP contribution in [0.3, 0.4) is 0 Å². The Hall–Kier alpha value is -0.830. The van der Waals surface area contributed by atoms with E-state index in [9.17, 15) is 0 Å². The summed E-state index contributed by atoms with van der Waals surface area (Å²) in [6.07, 6.45) is 6.82. The molecule has 122 valence electrons. The molecule has 0 bridgehead atoms. The minimum absolute atomic E-state index is 0.552. The van der Waals surface area contributed by atoms with Crippen LogP contribution in [0.4, 0.5) is 0 Å². The van der Waals surface area contributed by atoms with Crippen LogP contribution in [0.1, 0.15) is 72.5 Å². The number of hydrogen-bond acceptors (Lipinski definition) is 2. The lowest BCUT2D eigenvalue weighted by Gasteiger charge is -2.20. The van der Waals surface area contributed by atoms with Crippen LogP contribution in [-0.2, 0) is 6.42 Å². The monoisotopic (exact) mass is 293 g/mol. The van der Waals surface area contributed by atoms with E-state index in [2.05, 4.69) is 63.8 Å². The molecule has 1 N–H and O–H groups in total. The molecule has 0 aliphatic rings. The lowest BCUT2D eigenvalue weighted by Crippen LogP contribution is -2.30. The minimum Gasteiger partial charge on any atom is -0.314 e. The van der Waals surface area contributed by atoms with Crippen LogP contribution < -0.4 is 5.32 Å². The van der Waals surface area contributed by atoms with E-state index in [1.54, 1.807) is 0 Å². The Morgan fingerprint density at radius 2 is 1.81 bits per heavy atom. The van der Waals surface area contributed by atoms with Crippen LogP contribution >= 0.6 is 0 Å². The van der Waals surface area contributed by atoms with Crippen molar-refractivity contribution in [3.05, 3.63) is 18.0 Å². The van der Waals surface area contributed by atoms with Crippen molar-refractivity contribution in [3.8, 4) is 0 Å². The van der Waals surface area contributed by atoms with E-state index < -0.39 is 0 Å². The van der Waals surface area contributed by atoms with Crippen LogP contribution in [-0.4, -0.2) is 22.4 Å². The van der Waals surface area contributed by atoms with E-state index in [0.717, 1.165) is 31.7 Å². The van der Waals surface area contributed by atoms with Crippen molar-refractivity contribution in [1.82, 2.24) is 15.1 Å². The van der Waals surface area contributed by atoms with Gasteiger partial charge in [-0.3, -0.25) is 4.68 Å². The molecule has 0 fully saturated rings. The summed E-state index contributed by atoms with van der Waals surface area (Å²) in [6, 6.07) is 3.32. The first-order chi connectivity index (χ1) is 9.96. The summed E-state index contributed by atoms with van der Waals surface area (Å²) in [7, 11) is 0. The molecule has 3 nitrogen and oxygen atoms in total. The zero-order chi connectivity index (χ0) is 15.8. The highest BCUT2D eigenvalue weighted by Crippen LogP contribution is 2.19. The molecule has 1 unspecified atom stereocenters. The molecule has 1 rings (SSSR count). The Kier molecular flexibility index (Phi) is 8.02. The molecule has 1 atom stereocenters. The standard InChI is InChI=1S/C18H35N3/c1-7-18(8-2)21-10-9-17(20-21)12-16(11-14(3)4)13-19-15(5)6/h9-10,14-16,18-19H,7-8,11-13H2,1-6H3. The predicted molar refractivity (Wildman–Crippen MR) is 91.6 cm³/mol. The van der Waals surface area contributed by atoms with Gasteiger partial charge in [-0.2, -0.15) is 5.10 Å². The molecule has 0 aliphatic carbocycles. The number of rotatable bonds is 10. The third kappa shape index (κ3) is 6.64. The fraction of sp³-hybridized carbons (Fsp3) is 0.833. The summed E-state index contributed by atoms with van der Waals surface area (Å²) < 4.78 is 2.16. The molecule has 0 saturated carbocycles. The van der Waals surface area contributed by atoms with Gasteiger partial charge in [-0.1, -0.05) is 41.5 Å². The second-order valence-corrected chi connectivity index (χ2v) is 7.02. The highest BCUT2D eigenvalue weighted by Gasteiger charge is 2.15. The van der Waals surface area contributed by atoms with Crippen molar-refractivity contribution in [2.24, 2.45) is 11.8 Å². The maximum absolute atomic E-state index is 4.82. The second kappa shape index (κ2) is 9.24. The second-order valence-electron chi connectivity index (χ2n) is 7.02. The Morgan fingerprint density at radius 1 is 1.14 bits per heavy atom. The zero-order valence-electron chi connectivity index (χ0n) is 14.9. The fourth-order valence-corrected chi connectivity index (χ4v) is 2.96. The van der Waals surface area contributed by atoms with Gasteiger partial charge in [-0.25, -0.2) is 0 Å². The van der Waals surface area contributed by atoms with Gasteiger partial charge >= 0.3 is 0 Å². The molecular weight excluding hydrogens is 258 g/mol. The van der Waals surface area contributed by atoms with Crippen LogP contribution in [0.2, 0.25) is 0 Å². The summed E-state index contributed by atoms with van der Waals surface area (Å²) in [5.41, 5.74) is 1.25. The van der Waals surface area contributed by atoms with Crippen molar-refractivity contribution in [3.63, 3.8) is 0 Å². The fourth-order valence-electron chi connectivity index (χ4n) is 2.96. The van der Waals surface area contributed by atoms with Crippen molar-refractivity contribution in [1.29, 1.82) is 0 Å². The van der Waals surface area contributed by atoms with Gasteiger partial charge in [0.25, 0.3) is 0 Å². The molecule has 1 aromatic rings. The highest BCUT2D eigenvalue weighted by atomic mass is 15.3. The van der Waals surface area contributed by atoms with Gasteiger partial charge in [0, 0.05) is 12.2 Å². The first-order valence-electron chi connectivity index (χ1n) is 8.73. The quantitative estimate of drug-likeness (QED) is 0.691. The number of hydrogen-bond donors (Lipinski definition) is 1. The topological polar surface area (TPSA) is 29.9 Å². The zero-order valence-corrected chi connectivity index (χ0v) is 14.9. The Bertz CT molecular complexity index is 378. The molecule has 0 aliphatic heterocycles. The van der Waals surface area contributed by atoms with E-state index in [0.29, 0.717) is 18.0 Å². The molecule has 0 spiro atoms. The van der Waals surface area contributed by atoms with Crippen LogP contribution in [0.15, 0.2) is 12.3 Å². The maximum Gasteiger partial charge on any atom is 0.0627 e. The van der Waals surface area contributed by atoms with Crippen LogP contribution in [0.5, 0.6) is 0 Å². The van der Waals surface area contributed by atoms with Crippen molar-refractivity contribution < 1.29 is 0 Å². The van der Waals surface area contributed by atoms with Gasteiger partial charge in [0.05, 0.1) is 11.7 Å². The van der Waals surface area contributed by atoms with Gasteiger partial charge in [0.1, 0.15) is 0 Å². The third-order valence-electron chi connectivity index (χ3n) is 4.10. The van der Waals surface area contributed by atoms with E-state index in [4.69, 9.17) is 5.10 Å². The molecule has 1 aromatic heterocycles. The molecule has 0 aromatic carbocycles. The average Bonchev–Trinajstić information content (AvgIpc) is 2.85. The van der Waals surface area contributed by atoms with Gasteiger partial charge in [0.2, 0.25) is 0 Å². The minimum atomic E-state index is 0.552. The molecule has 1 heterocycles. The lowest BCUT2D eigenvalue weighted by atomic mass is 9.92. The van der Waals surface area contributed by atoms with E-state index in [-0.39, 0.29) is 0 Å². The van der Waals surface area contributed by atoms with Gasteiger partial charge in [0.15, 0.2) is 0 Å². The molecule has 3 heteroatoms. The Balaban J connectivity index is 2.64. The SMILES string of the molecule is CCC(CC)n1ccc(CC(CNC(C)C)CC(C)C)n1. The number of nitrogens with one attached hydrogen (secondary N) is 1. The summed E-state index contributed by atoms with van der Waals surface area (Å²) in [5, 5.41) is 8.40. The summed E-state index contributed by atoms with van der Waals surface area (Å²) in [6.45, 7) is 14.6. The summed E-state index contributed by atoms with van der Waals surface area (Å²) in [5.74, 6) is 1.42. The van der Waals surface area contributed by atoms with Crippen molar-refractivity contribution in [2.75, 3.05) is 6.54 Å². The number of nitrogens with zero attached hydrogens (tertiary/aromatic N) is 2. The maximum atomic E-state index is 4.82. The van der Waals surface area contributed by atoms with Gasteiger partial charge in [-0.15, -0.1) is 0 Å². The first kappa shape index (κ1) is 18.2. The average molecular weight is 293 g/mol. The predicted octanol–water partition coefficient (Wildman–Crippen LogP) is 4.45. The van der Waals surface area contributed by atoms with Crippen LogP contribution in [0, 0.1) is 11.8 Å². The van der Waals surface area contributed by atoms with E-state index in [1.807, 2.05) is 0 Å². The van der Waals surface area contributed by atoms with Crippen LogP contribution in [0.25, 0.3) is 0 Å². The van der Waals surface area contributed by atoms with Crippen molar-refractivity contribution in [2.45, 2.75) is 79.3 Å². The normalized spacial score (nSPS) is 13.6. The highest BCUT2D eigenvalue weighted by molar-refractivity contribution is 5.01. The molecule has 0 saturated heterocycles. The van der Waals surface area contributed by atoms with Crippen molar-refractivity contribution >= 4 is 0 Å². The van der Waals surface area contributed by atoms with E-state index >= 15 is 0 Å².